The van der Waals surface area contributed by atoms with Crippen LogP contribution in [-0.4, -0.2) is 66.6 Å². The summed E-state index contributed by atoms with van der Waals surface area (Å²) in [6.45, 7) is 4.10. The number of aliphatic imine (C=N–C) groups is 1. The molecule has 1 aliphatic heterocycles. The highest BCUT2D eigenvalue weighted by Gasteiger charge is 2.50. The summed E-state index contributed by atoms with van der Waals surface area (Å²) in [5.41, 5.74) is 5.27. The molecule has 2 aliphatic rings. The summed E-state index contributed by atoms with van der Waals surface area (Å²) in [7, 11) is 4.70. The van der Waals surface area contributed by atoms with Gasteiger partial charge in [0.15, 0.2) is 5.96 Å². The first-order valence-electron chi connectivity index (χ1n) is 10.2. The minimum Gasteiger partial charge on any atom is -0.479 e. The highest BCUT2D eigenvalue weighted by Crippen LogP contribution is 2.40. The molecule has 1 unspecified atom stereocenters. The van der Waals surface area contributed by atoms with Gasteiger partial charge in [-0.2, -0.15) is 14.4 Å². The average Bonchev–Trinajstić information content (AvgIpc) is 2.78. The van der Waals surface area contributed by atoms with Gasteiger partial charge in [-0.15, -0.1) is 0 Å². The van der Waals surface area contributed by atoms with Crippen LogP contribution in [0.4, 0.5) is 10.3 Å². The Labute approximate surface area is 181 Å². The van der Waals surface area contributed by atoms with Gasteiger partial charge in [-0.05, 0) is 13.3 Å². The lowest BCUT2D eigenvalue weighted by atomic mass is 9.70. The summed E-state index contributed by atoms with van der Waals surface area (Å²) in [6, 6.07) is 0. The van der Waals surface area contributed by atoms with Gasteiger partial charge < -0.3 is 20.1 Å². The van der Waals surface area contributed by atoms with E-state index in [1.165, 1.54) is 12.0 Å². The molecule has 1 aromatic heterocycles. The molecule has 10 heteroatoms. The number of hydrogen-bond donors (Lipinski definition) is 1. The summed E-state index contributed by atoms with van der Waals surface area (Å²) in [5, 5.41) is 0. The number of rotatable bonds is 7. The van der Waals surface area contributed by atoms with Crippen molar-refractivity contribution in [3.8, 4) is 11.8 Å². The Morgan fingerprint density at radius 1 is 1.35 bits per heavy atom. The van der Waals surface area contributed by atoms with Crippen molar-refractivity contribution >= 4 is 17.8 Å². The molecule has 1 aromatic rings. The second kappa shape index (κ2) is 8.91. The molecule has 1 aliphatic carbocycles. The van der Waals surface area contributed by atoms with Crippen LogP contribution in [0.5, 0.6) is 11.8 Å². The molecule has 0 saturated heterocycles. The maximum Gasteiger partial charge on any atom is 0.259 e. The van der Waals surface area contributed by atoms with E-state index in [1.54, 1.807) is 25.9 Å². The van der Waals surface area contributed by atoms with E-state index >= 15 is 0 Å². The van der Waals surface area contributed by atoms with Gasteiger partial charge in [-0.25, -0.2) is 4.99 Å². The van der Waals surface area contributed by atoms with Crippen LogP contribution in [0.1, 0.15) is 20.3 Å². The molecule has 0 aromatic carbocycles. The number of nitrogens with two attached hydrogens (primary N) is 1. The lowest BCUT2D eigenvalue weighted by Gasteiger charge is -2.46. The van der Waals surface area contributed by atoms with Crippen LogP contribution in [0, 0.1) is 17.7 Å². The van der Waals surface area contributed by atoms with Crippen molar-refractivity contribution in [3.05, 3.63) is 30.1 Å². The number of allylic oxidation sites excluding steroid dienone is 3. The molecule has 2 heterocycles. The molecule has 0 fully saturated rings. The van der Waals surface area contributed by atoms with Gasteiger partial charge in [-0.3, -0.25) is 9.69 Å². The fourth-order valence-electron chi connectivity index (χ4n) is 4.03. The van der Waals surface area contributed by atoms with E-state index in [2.05, 4.69) is 9.97 Å². The predicted octanol–water partition coefficient (Wildman–Crippen LogP) is 1.75. The van der Waals surface area contributed by atoms with E-state index in [1.807, 2.05) is 31.2 Å². The van der Waals surface area contributed by atoms with Crippen molar-refractivity contribution in [2.24, 2.45) is 22.6 Å². The van der Waals surface area contributed by atoms with E-state index < -0.39 is 17.3 Å². The summed E-state index contributed by atoms with van der Waals surface area (Å²) in [6.07, 6.45) is 8.70. The van der Waals surface area contributed by atoms with E-state index in [-0.39, 0.29) is 48.6 Å². The third kappa shape index (κ3) is 4.06. The van der Waals surface area contributed by atoms with Crippen molar-refractivity contribution in [2.75, 3.05) is 39.3 Å². The maximum atomic E-state index is 14.4. The Hall–Kier alpha value is -3.17. The number of carbonyl (C=O) groups excluding carboxylic acids is 1. The highest BCUT2D eigenvalue weighted by atomic mass is 19.1. The van der Waals surface area contributed by atoms with Crippen molar-refractivity contribution < 1.29 is 18.7 Å². The van der Waals surface area contributed by atoms with Crippen molar-refractivity contribution in [3.63, 3.8) is 0 Å². The third-order valence-corrected chi connectivity index (χ3v) is 5.82. The van der Waals surface area contributed by atoms with Crippen LogP contribution in [0.2, 0.25) is 0 Å². The quantitative estimate of drug-likeness (QED) is 0.700. The Morgan fingerprint density at radius 2 is 2.06 bits per heavy atom. The predicted molar refractivity (Wildman–Crippen MR) is 116 cm³/mol. The zero-order valence-electron chi connectivity index (χ0n) is 18.5. The first kappa shape index (κ1) is 22.5. The number of aromatic nitrogens is 2. The number of methoxy groups -OCH3 is 1. The lowest BCUT2D eigenvalue weighted by Crippen LogP contribution is -2.61. The summed E-state index contributed by atoms with van der Waals surface area (Å²) < 4.78 is 24.8. The van der Waals surface area contributed by atoms with Crippen LogP contribution >= 0.6 is 0 Å². The molecule has 3 rings (SSSR count). The van der Waals surface area contributed by atoms with Crippen molar-refractivity contribution in [1.82, 2.24) is 14.9 Å². The molecule has 1 amide bonds. The molecular weight excluding hydrogens is 403 g/mol. The number of ether oxygens (including phenoxy) is 2. The first-order valence-corrected chi connectivity index (χ1v) is 10.2. The molecule has 0 radical (unpaired) electrons. The first-order chi connectivity index (χ1) is 14.7. The normalized spacial score (nSPS) is 25.4. The summed E-state index contributed by atoms with van der Waals surface area (Å²) >= 11 is 0. The number of hydrogen-bond acceptors (Lipinski definition) is 8. The van der Waals surface area contributed by atoms with E-state index in [0.29, 0.717) is 6.42 Å². The fourth-order valence-corrected chi connectivity index (χ4v) is 4.03. The lowest BCUT2D eigenvalue weighted by molar-refractivity contribution is -0.134. The van der Waals surface area contributed by atoms with Gasteiger partial charge in [0.1, 0.15) is 0 Å². The summed E-state index contributed by atoms with van der Waals surface area (Å²) in [5.74, 6) is -1.46. The van der Waals surface area contributed by atoms with E-state index in [4.69, 9.17) is 20.2 Å². The second-order valence-electron chi connectivity index (χ2n) is 7.68. The minimum atomic E-state index is -0.861. The summed E-state index contributed by atoms with van der Waals surface area (Å²) in [4.78, 5) is 29.3. The van der Waals surface area contributed by atoms with Gasteiger partial charge in [0.2, 0.25) is 17.7 Å². The average molecular weight is 433 g/mol. The van der Waals surface area contributed by atoms with Crippen LogP contribution < -0.4 is 20.1 Å². The number of carbonyl (C=O) groups is 1. The van der Waals surface area contributed by atoms with Gasteiger partial charge in [0.25, 0.3) is 11.8 Å². The second-order valence-corrected chi connectivity index (χ2v) is 7.68. The number of anilines is 1. The number of halogens is 1. The molecule has 31 heavy (non-hydrogen) atoms. The van der Waals surface area contributed by atoms with Crippen LogP contribution in [0.25, 0.3) is 0 Å². The van der Waals surface area contributed by atoms with Gasteiger partial charge in [0.05, 0.1) is 25.2 Å². The Balaban J connectivity index is 2.05. The van der Waals surface area contributed by atoms with E-state index in [9.17, 15) is 9.18 Å². The Morgan fingerprint density at radius 3 is 2.68 bits per heavy atom. The highest BCUT2D eigenvalue weighted by molar-refractivity contribution is 6.00. The van der Waals surface area contributed by atoms with Gasteiger partial charge in [0, 0.05) is 26.6 Å². The van der Waals surface area contributed by atoms with Crippen LogP contribution in [0.15, 0.2) is 29.3 Å². The molecule has 2 N–H and O–H groups in total. The standard InChI is InChI=1S/C21H29FN6O3/c1-6-31-17-15(22)16(30-5)24-20(25-17)27(3)12-21(14-10-8-7-9-11-14)13(2)18(29)28(4)19(23)26-21/h7-10,13-14H,6,11-12H2,1-5H3,(H2,23,26)/t13-,14?,21-/m0/s1. The Bertz CT molecular complexity index is 934. The molecule has 0 bridgehead atoms. The zero-order valence-corrected chi connectivity index (χ0v) is 18.5. The smallest absolute Gasteiger partial charge is 0.259 e. The van der Waals surface area contributed by atoms with Gasteiger partial charge >= 0.3 is 0 Å². The Kier molecular flexibility index (Phi) is 6.47. The number of nitrogens with zero attached hydrogens (tertiary/aromatic N) is 5. The zero-order chi connectivity index (χ0) is 22.8. The third-order valence-electron chi connectivity index (χ3n) is 5.82. The van der Waals surface area contributed by atoms with Gasteiger partial charge in [-0.1, -0.05) is 31.2 Å². The largest absolute Gasteiger partial charge is 0.479 e. The monoisotopic (exact) mass is 432 g/mol. The maximum absolute atomic E-state index is 14.4. The number of guanidine groups is 1. The van der Waals surface area contributed by atoms with Crippen molar-refractivity contribution in [1.29, 1.82) is 0 Å². The van der Waals surface area contributed by atoms with Crippen LogP contribution in [-0.2, 0) is 4.79 Å². The molecule has 3 atom stereocenters. The van der Waals surface area contributed by atoms with E-state index in [0.717, 1.165) is 0 Å². The van der Waals surface area contributed by atoms with Crippen LogP contribution in [0.3, 0.4) is 0 Å². The molecular formula is C21H29FN6O3. The molecule has 9 nitrogen and oxygen atoms in total. The fraction of sp³-hybridized carbons (Fsp3) is 0.524. The topological polar surface area (TPSA) is 106 Å². The molecule has 168 valence electrons. The molecule has 0 saturated carbocycles. The SMILES string of the molecule is CCOc1nc(N(C)C[C@]2(C3C=CC=CC3)N=C(N)N(C)C(=O)[C@@H]2C)nc(OC)c1F. The minimum absolute atomic E-state index is 0.0696. The number of amides is 1. The number of likely N-dealkylation sites (N-methyl/N-ethyl adjacent to an activating group) is 1. The van der Waals surface area contributed by atoms with Crippen molar-refractivity contribution in [2.45, 2.75) is 25.8 Å². The molecule has 0 spiro atoms.